The summed E-state index contributed by atoms with van der Waals surface area (Å²) in [4.78, 5) is 27.9. The Morgan fingerprint density at radius 3 is 2.45 bits per heavy atom. The molecule has 0 bridgehead atoms. The Morgan fingerprint density at radius 1 is 0.950 bits per heavy atom. The maximum atomic E-state index is 14.3. The summed E-state index contributed by atoms with van der Waals surface area (Å²) in [5.41, 5.74) is 6.11. The Kier molecular flexibility index (Phi) is 7.54. The molecule has 2 aromatic rings. The molecule has 214 valence electrons. The molecule has 0 radical (unpaired) electrons. The van der Waals surface area contributed by atoms with Crippen LogP contribution in [0.2, 0.25) is 0 Å². The van der Waals surface area contributed by atoms with E-state index in [2.05, 4.69) is 43.3 Å². The minimum Gasteiger partial charge on any atom is -0.299 e. The second kappa shape index (κ2) is 10.7. The molecule has 1 aliphatic heterocycles. The maximum Gasteiger partial charge on any atom is 0.265 e. The zero-order valence-corrected chi connectivity index (χ0v) is 25.3. The fraction of sp³-hybridized carbons (Fsp3) is 0.576. The van der Waals surface area contributed by atoms with Gasteiger partial charge in [0.15, 0.2) is 5.25 Å². The Labute approximate surface area is 241 Å². The smallest absolute Gasteiger partial charge is 0.265 e. The number of carbonyl (C=O) groups excluding carboxylic acids is 2. The van der Waals surface area contributed by atoms with Gasteiger partial charge in [-0.25, -0.2) is 0 Å². The summed E-state index contributed by atoms with van der Waals surface area (Å²) in [7, 11) is -4.54. The second-order valence-corrected chi connectivity index (χ2v) is 16.5. The molecule has 6 rings (SSSR count). The van der Waals surface area contributed by atoms with E-state index >= 15 is 0 Å². The number of carbonyl (C=O) groups is 2. The predicted molar refractivity (Wildman–Crippen MR) is 162 cm³/mol. The van der Waals surface area contributed by atoms with Gasteiger partial charge in [0.05, 0.1) is 11.2 Å². The van der Waals surface area contributed by atoms with Crippen LogP contribution in [0.15, 0.2) is 36.4 Å². The van der Waals surface area contributed by atoms with Crippen molar-refractivity contribution in [3.05, 3.63) is 58.7 Å². The van der Waals surface area contributed by atoms with E-state index in [1.165, 1.54) is 27.8 Å². The quantitative estimate of drug-likeness (QED) is 0.333. The van der Waals surface area contributed by atoms with Gasteiger partial charge in [0, 0.05) is 35.2 Å². The molecule has 1 N–H and O–H groups in total. The summed E-state index contributed by atoms with van der Waals surface area (Å²) in [6.45, 7) is 4.00. The van der Waals surface area contributed by atoms with Crippen LogP contribution in [0.3, 0.4) is 0 Å². The molecule has 1 saturated heterocycles. The molecular formula is C33H41O5S2+. The van der Waals surface area contributed by atoms with Crippen molar-refractivity contribution in [1.82, 2.24) is 0 Å². The van der Waals surface area contributed by atoms with Gasteiger partial charge in [-0.1, -0.05) is 50.6 Å². The molecule has 0 spiro atoms. The van der Waals surface area contributed by atoms with Gasteiger partial charge in [-0.05, 0) is 84.7 Å². The molecular weight excluding hydrogens is 540 g/mol. The molecule has 4 aliphatic rings. The first-order valence-corrected chi connectivity index (χ1v) is 18.2. The van der Waals surface area contributed by atoms with Crippen molar-refractivity contribution in [2.45, 2.75) is 88.6 Å². The number of benzene rings is 2. The fourth-order valence-electron chi connectivity index (χ4n) is 8.49. The summed E-state index contributed by atoms with van der Waals surface area (Å²) in [5, 5.41) is 0.0723. The number of hydrogen-bond donors (Lipinski definition) is 1. The molecule has 0 aromatic heterocycles. The molecule has 6 unspecified atom stereocenters. The first-order chi connectivity index (χ1) is 19.1. The normalized spacial score (nSPS) is 31.9. The van der Waals surface area contributed by atoms with E-state index < -0.39 is 21.3 Å². The van der Waals surface area contributed by atoms with Crippen molar-refractivity contribution in [1.29, 1.82) is 0 Å². The summed E-state index contributed by atoms with van der Waals surface area (Å²) in [6.07, 6.45) is 8.19. The third-order valence-electron chi connectivity index (χ3n) is 10.6. The number of hydrogen-bond acceptors (Lipinski definition) is 4. The van der Waals surface area contributed by atoms with E-state index in [-0.39, 0.29) is 44.8 Å². The third-order valence-corrected chi connectivity index (χ3v) is 14.7. The van der Waals surface area contributed by atoms with Crippen molar-refractivity contribution >= 4 is 32.6 Å². The predicted octanol–water partition coefficient (Wildman–Crippen LogP) is 6.02. The highest BCUT2D eigenvalue weighted by Gasteiger charge is 2.60. The molecule has 1 saturated carbocycles. The van der Waals surface area contributed by atoms with Gasteiger partial charge in [-0.3, -0.25) is 14.1 Å². The lowest BCUT2D eigenvalue weighted by atomic mass is 9.60. The first-order valence-electron chi connectivity index (χ1n) is 15.1. The molecule has 5 nitrogen and oxygen atoms in total. The lowest BCUT2D eigenvalue weighted by Crippen LogP contribution is -2.55. The third kappa shape index (κ3) is 4.80. The zero-order chi connectivity index (χ0) is 28.2. The number of Topliss-reactive ketones (excluding diaryl/α,β-unsaturated/α-hetero) is 2. The van der Waals surface area contributed by atoms with Crippen LogP contribution in [0, 0.1) is 17.3 Å². The van der Waals surface area contributed by atoms with Gasteiger partial charge in [0.1, 0.15) is 16.8 Å². The average molecular weight is 582 g/mol. The van der Waals surface area contributed by atoms with Crippen molar-refractivity contribution in [3.63, 3.8) is 0 Å². The number of rotatable bonds is 6. The summed E-state index contributed by atoms with van der Waals surface area (Å²) in [5.74, 6) is 0.847. The molecule has 40 heavy (non-hydrogen) atoms. The zero-order valence-electron chi connectivity index (χ0n) is 23.7. The SMILES string of the molecule is CCC1CC(=O)C(CC)(CS(=O)(=O)O)C(C2CCC[S+]2C2CCc3cc4c(cc3C2=O)-c2ccccc2CC4)C1. The monoisotopic (exact) mass is 581 g/mol. The molecule has 2 fully saturated rings. The van der Waals surface area contributed by atoms with Crippen LogP contribution in [-0.4, -0.2) is 46.5 Å². The van der Waals surface area contributed by atoms with Crippen LogP contribution < -0.4 is 0 Å². The molecule has 1 heterocycles. The first kappa shape index (κ1) is 28.2. The Bertz CT molecular complexity index is 1450. The second-order valence-electron chi connectivity index (χ2n) is 12.5. The van der Waals surface area contributed by atoms with E-state index in [1.807, 2.05) is 6.92 Å². The van der Waals surface area contributed by atoms with Gasteiger partial charge < -0.3 is 0 Å². The van der Waals surface area contributed by atoms with Gasteiger partial charge in [0.2, 0.25) is 5.78 Å². The Morgan fingerprint density at radius 2 is 1.70 bits per heavy atom. The molecule has 2 aromatic carbocycles. The van der Waals surface area contributed by atoms with Crippen LogP contribution in [0.1, 0.15) is 85.8 Å². The van der Waals surface area contributed by atoms with Gasteiger partial charge in [0.25, 0.3) is 10.1 Å². The minimum absolute atomic E-state index is 0.00298. The molecule has 0 amide bonds. The number of ketones is 2. The highest BCUT2D eigenvalue weighted by molar-refractivity contribution is 7.99. The van der Waals surface area contributed by atoms with E-state index in [0.717, 1.165) is 62.7 Å². The lowest BCUT2D eigenvalue weighted by Gasteiger charge is -2.46. The van der Waals surface area contributed by atoms with Gasteiger partial charge in [-0.15, -0.1) is 0 Å². The van der Waals surface area contributed by atoms with E-state index in [1.54, 1.807) is 0 Å². The van der Waals surface area contributed by atoms with Crippen molar-refractivity contribution in [2.75, 3.05) is 11.5 Å². The van der Waals surface area contributed by atoms with E-state index in [4.69, 9.17) is 0 Å². The van der Waals surface area contributed by atoms with Crippen molar-refractivity contribution in [3.8, 4) is 11.1 Å². The Hall–Kier alpha value is -1.96. The molecule has 3 aliphatic carbocycles. The van der Waals surface area contributed by atoms with E-state index in [0.29, 0.717) is 12.8 Å². The standard InChI is InChI=1S/C33H40O5S2/c1-3-21-16-28(33(4-2,31(34)17-21)20-40(36,37)38)29-10-7-15-39(29)30-14-13-24-18-23-12-11-22-8-5-6-9-25(22)26(23)19-27(24)32(30)35/h5-6,8-9,18-19,21,28-30H,3-4,7,10-17,20H2,1-2H3/p+1. The van der Waals surface area contributed by atoms with Crippen molar-refractivity contribution in [2.24, 2.45) is 17.3 Å². The fourth-order valence-corrected chi connectivity index (χ4v) is 13.3. The van der Waals surface area contributed by atoms with Crippen LogP contribution in [0.4, 0.5) is 0 Å². The summed E-state index contributed by atoms with van der Waals surface area (Å²) in [6, 6.07) is 13.0. The van der Waals surface area contributed by atoms with Crippen LogP contribution in [0.25, 0.3) is 11.1 Å². The van der Waals surface area contributed by atoms with Gasteiger partial charge in [-0.2, -0.15) is 8.42 Å². The van der Waals surface area contributed by atoms with Crippen molar-refractivity contribution < 1.29 is 22.6 Å². The maximum absolute atomic E-state index is 14.3. The molecule has 7 heteroatoms. The highest BCUT2D eigenvalue weighted by atomic mass is 32.2. The summed E-state index contributed by atoms with van der Waals surface area (Å²) >= 11 is 0. The number of fused-ring (bicyclic) bond motifs is 4. The van der Waals surface area contributed by atoms with Crippen LogP contribution in [-0.2, 0) is 45.1 Å². The van der Waals surface area contributed by atoms with Crippen LogP contribution in [0.5, 0.6) is 0 Å². The van der Waals surface area contributed by atoms with Crippen LogP contribution >= 0.6 is 0 Å². The Balaban J connectivity index is 1.35. The summed E-state index contributed by atoms with van der Waals surface area (Å²) < 4.78 is 34.5. The molecule has 6 atom stereocenters. The lowest BCUT2D eigenvalue weighted by molar-refractivity contribution is -0.136. The number of aryl methyl sites for hydroxylation is 3. The van der Waals surface area contributed by atoms with E-state index in [9.17, 15) is 22.6 Å². The topological polar surface area (TPSA) is 88.5 Å². The van der Waals surface area contributed by atoms with Gasteiger partial charge >= 0.3 is 0 Å². The highest BCUT2D eigenvalue weighted by Crippen LogP contribution is 2.52. The minimum atomic E-state index is -4.32. The largest absolute Gasteiger partial charge is 0.299 e. The average Bonchev–Trinajstić information content (AvgIpc) is 3.42.